The number of ether oxygens (including phenoxy) is 2. The van der Waals surface area contributed by atoms with Crippen LogP contribution in [0.25, 0.3) is 0 Å². The van der Waals surface area contributed by atoms with Gasteiger partial charge >= 0.3 is 19.5 Å². The molecule has 0 saturated carbocycles. The van der Waals surface area contributed by atoms with Gasteiger partial charge in [-0.25, -0.2) is 18.7 Å². The third-order valence-electron chi connectivity index (χ3n) is 6.60. The van der Waals surface area contributed by atoms with E-state index in [9.17, 15) is 54.5 Å². The molecule has 0 radical (unpaired) electrons. The molecule has 1 aromatic rings. The number of carbonyl (C=O) groups excluding carboxylic acids is 1. The van der Waals surface area contributed by atoms with Crippen LogP contribution in [0.1, 0.15) is 26.5 Å². The second kappa shape index (κ2) is 12.8. The molecule has 3 rings (SSSR count). The number of nitrogens with zero attached hydrogens (tertiary/aromatic N) is 2. The van der Waals surface area contributed by atoms with Crippen molar-refractivity contribution in [1.82, 2.24) is 14.9 Å². The molecular formula is C21H33N4O15P. The van der Waals surface area contributed by atoms with Gasteiger partial charge in [-0.15, -0.1) is 0 Å². The summed E-state index contributed by atoms with van der Waals surface area (Å²) in [7, 11) is -5.45. The van der Waals surface area contributed by atoms with Crippen molar-refractivity contribution >= 4 is 25.5 Å². The van der Waals surface area contributed by atoms with Crippen molar-refractivity contribution < 1.29 is 68.2 Å². The van der Waals surface area contributed by atoms with E-state index in [4.69, 9.17) is 24.3 Å². The molecule has 2 saturated heterocycles. The summed E-state index contributed by atoms with van der Waals surface area (Å²) in [5.74, 6) is -6.87. The minimum Gasteiger partial charge on any atom is -0.477 e. The first-order valence-corrected chi connectivity index (χ1v) is 13.7. The van der Waals surface area contributed by atoms with Crippen LogP contribution in [-0.2, 0) is 32.7 Å². The maximum Gasteiger partial charge on any atom is 0.475 e. The third kappa shape index (κ3) is 7.27. The summed E-state index contributed by atoms with van der Waals surface area (Å²) in [6, 6.07) is -0.187. The first-order chi connectivity index (χ1) is 19.0. The smallest absolute Gasteiger partial charge is 0.475 e. The summed E-state index contributed by atoms with van der Waals surface area (Å²) in [6.45, 7) is 0.853. The van der Waals surface area contributed by atoms with Crippen LogP contribution in [0.2, 0.25) is 0 Å². The quantitative estimate of drug-likeness (QED) is 0.108. The van der Waals surface area contributed by atoms with E-state index in [0.717, 1.165) is 17.7 Å². The van der Waals surface area contributed by atoms with Gasteiger partial charge in [-0.3, -0.25) is 13.9 Å². The van der Waals surface area contributed by atoms with E-state index in [-0.39, 0.29) is 5.82 Å². The monoisotopic (exact) mass is 612 g/mol. The Bertz CT molecular complexity index is 1220. The molecule has 19 nitrogen and oxygen atoms in total. The predicted molar refractivity (Wildman–Crippen MR) is 131 cm³/mol. The van der Waals surface area contributed by atoms with Gasteiger partial charge in [-0.1, -0.05) is 6.92 Å². The van der Waals surface area contributed by atoms with Gasteiger partial charge in [-0.2, -0.15) is 4.98 Å². The fraction of sp³-hybridized carbons (Fsp3) is 0.714. The topological polar surface area (TPSA) is 303 Å². The molecular weight excluding hydrogens is 579 g/mol. The number of phosphoric acid groups is 1. The van der Waals surface area contributed by atoms with Crippen LogP contribution in [0.4, 0.5) is 5.82 Å². The van der Waals surface area contributed by atoms with E-state index < -0.39 is 106 Å². The Morgan fingerprint density at radius 1 is 1.34 bits per heavy atom. The first-order valence-electron chi connectivity index (χ1n) is 12.2. The van der Waals surface area contributed by atoms with E-state index in [1.165, 1.54) is 13.0 Å². The van der Waals surface area contributed by atoms with Gasteiger partial charge in [0.1, 0.15) is 30.2 Å². The lowest BCUT2D eigenvalue weighted by atomic mass is 9.86. The molecule has 9 unspecified atom stereocenters. The highest BCUT2D eigenvalue weighted by Crippen LogP contribution is 2.51. The van der Waals surface area contributed by atoms with Crippen molar-refractivity contribution in [3.05, 3.63) is 22.7 Å². The van der Waals surface area contributed by atoms with Gasteiger partial charge < -0.3 is 56.1 Å². The van der Waals surface area contributed by atoms with Crippen LogP contribution >= 0.6 is 7.82 Å². The van der Waals surface area contributed by atoms with Crippen LogP contribution in [0, 0.1) is 5.92 Å². The summed E-state index contributed by atoms with van der Waals surface area (Å²) in [6.07, 6.45) is -11.6. The molecule has 0 spiro atoms. The second-order valence-electron chi connectivity index (χ2n) is 9.73. The maximum atomic E-state index is 12.8. The Morgan fingerprint density at radius 2 is 2.00 bits per heavy atom. The van der Waals surface area contributed by atoms with E-state index in [1.807, 2.05) is 0 Å². The van der Waals surface area contributed by atoms with Gasteiger partial charge in [0.05, 0.1) is 24.9 Å². The molecule has 1 aromatic heterocycles. The number of rotatable bonds is 11. The molecule has 10 N–H and O–H groups in total. The first kappa shape index (κ1) is 33.0. The van der Waals surface area contributed by atoms with Gasteiger partial charge in [0.15, 0.2) is 6.23 Å². The van der Waals surface area contributed by atoms with E-state index in [1.54, 1.807) is 0 Å². The van der Waals surface area contributed by atoms with Crippen molar-refractivity contribution in [3.8, 4) is 0 Å². The second-order valence-corrected chi connectivity index (χ2v) is 11.1. The number of aliphatic hydroxyl groups excluding tert-OH is 5. The lowest BCUT2D eigenvalue weighted by molar-refractivity contribution is -0.286. The van der Waals surface area contributed by atoms with Gasteiger partial charge in [-0.05, 0) is 6.07 Å². The fourth-order valence-electron chi connectivity index (χ4n) is 4.42. The van der Waals surface area contributed by atoms with Crippen LogP contribution in [-0.4, -0.2) is 119 Å². The molecule has 3 heterocycles. The predicted octanol–water partition coefficient (Wildman–Crippen LogP) is -4.00. The summed E-state index contributed by atoms with van der Waals surface area (Å²) in [5.41, 5.74) is 4.49. The number of amides is 1. The number of nitrogens with one attached hydrogen (secondary N) is 1. The molecule has 20 heteroatoms. The van der Waals surface area contributed by atoms with Crippen molar-refractivity contribution in [3.63, 3.8) is 0 Å². The number of aromatic nitrogens is 2. The minimum absolute atomic E-state index is 0.121. The zero-order valence-corrected chi connectivity index (χ0v) is 22.7. The summed E-state index contributed by atoms with van der Waals surface area (Å²) >= 11 is 0. The highest BCUT2D eigenvalue weighted by molar-refractivity contribution is 7.47. The molecule has 2 aliphatic heterocycles. The summed E-state index contributed by atoms with van der Waals surface area (Å²) in [4.78, 5) is 49.8. The maximum absolute atomic E-state index is 12.8. The molecule has 41 heavy (non-hydrogen) atoms. The third-order valence-corrected chi connectivity index (χ3v) is 7.60. The van der Waals surface area contributed by atoms with Gasteiger partial charge in [0, 0.05) is 32.1 Å². The normalized spacial score (nSPS) is 34.9. The molecule has 0 aliphatic carbocycles. The minimum atomic E-state index is -5.45. The van der Waals surface area contributed by atoms with Crippen LogP contribution in [0.3, 0.4) is 0 Å². The van der Waals surface area contributed by atoms with Crippen LogP contribution in [0.5, 0.6) is 0 Å². The van der Waals surface area contributed by atoms with E-state index in [0.29, 0.717) is 0 Å². The highest BCUT2D eigenvalue weighted by atomic mass is 31.2. The summed E-state index contributed by atoms with van der Waals surface area (Å²) in [5, 5.41) is 63.6. The number of aliphatic carboxylic acids is 1. The lowest BCUT2D eigenvalue weighted by Gasteiger charge is -2.46. The molecule has 11 atom stereocenters. The van der Waals surface area contributed by atoms with Gasteiger partial charge in [0.2, 0.25) is 5.91 Å². The summed E-state index contributed by atoms with van der Waals surface area (Å²) < 4.78 is 34.1. The lowest BCUT2D eigenvalue weighted by Crippen LogP contribution is -2.67. The number of hydrogen-bond donors (Lipinski definition) is 9. The van der Waals surface area contributed by atoms with Crippen molar-refractivity contribution in [2.24, 2.45) is 5.92 Å². The van der Waals surface area contributed by atoms with E-state index in [2.05, 4.69) is 10.3 Å². The average Bonchev–Trinajstić information content (AvgIpc) is 3.16. The molecule has 2 aliphatic rings. The Hall–Kier alpha value is -2.55. The Kier molecular flexibility index (Phi) is 10.3. The zero-order valence-electron chi connectivity index (χ0n) is 21.8. The molecule has 0 aromatic carbocycles. The largest absolute Gasteiger partial charge is 0.477 e. The van der Waals surface area contributed by atoms with Gasteiger partial charge in [0.25, 0.3) is 5.79 Å². The Labute approximate surface area is 231 Å². The molecule has 0 bridgehead atoms. The number of aliphatic hydroxyl groups is 5. The molecule has 232 valence electrons. The number of phosphoric ester groups is 1. The molecule has 1 amide bonds. The number of nitrogen functional groups attached to an aromatic ring is 1. The van der Waals surface area contributed by atoms with Crippen molar-refractivity contribution in [2.45, 2.75) is 74.9 Å². The van der Waals surface area contributed by atoms with Crippen LogP contribution < -0.4 is 16.7 Å². The van der Waals surface area contributed by atoms with Crippen molar-refractivity contribution in [2.75, 3.05) is 18.9 Å². The number of carboxylic acid groups (broad SMARTS) is 1. The van der Waals surface area contributed by atoms with Crippen molar-refractivity contribution in [1.29, 1.82) is 0 Å². The number of nitrogens with two attached hydrogens (primary N) is 1. The van der Waals surface area contributed by atoms with Crippen LogP contribution in [0.15, 0.2) is 17.1 Å². The number of anilines is 1. The Balaban J connectivity index is 1.79. The fourth-order valence-corrected chi connectivity index (χ4v) is 5.38. The molecule has 2 fully saturated rings. The number of hydrogen-bond acceptors (Lipinski definition) is 15. The SMILES string of the molecule is CC(=O)NC1C(O)CC(OP(=O)(O)OCC2OC(n3ccc(N)nc3=O)C(O)C2O)(C(=O)O)OC1[C@H](O)[C@H](C)CO. The standard InChI is InChI=1S/C21H33N4O15P/c1-8(6-26)14(29)17-13(23-9(2)27)10(28)5-21(39-17,19(32)33)40-41(35,36)37-7-11-15(30)16(31)18(38-11)25-4-3-12(22)24-20(25)34/h3-4,8,10-11,13-18,26,28-31H,5-7H2,1-2H3,(H,23,27)(H,32,33)(H,35,36)(H2,22,24,34)/t8-,10?,11?,13?,14-,15?,16?,17?,18?,21?/m1/s1. The average molecular weight is 612 g/mol. The number of carbonyl (C=O) groups is 2. The zero-order chi connectivity index (χ0) is 30.9. The highest BCUT2D eigenvalue weighted by Gasteiger charge is 2.58. The van der Waals surface area contributed by atoms with E-state index >= 15 is 0 Å². The Morgan fingerprint density at radius 3 is 2.56 bits per heavy atom. The number of carboxylic acids is 1.